The van der Waals surface area contributed by atoms with Crippen molar-refractivity contribution in [3.63, 3.8) is 0 Å². The lowest BCUT2D eigenvalue weighted by Crippen LogP contribution is -2.48. The fourth-order valence-electron chi connectivity index (χ4n) is 0.936. The zero-order valence-electron chi connectivity index (χ0n) is 6.87. The molecule has 0 saturated heterocycles. The van der Waals surface area contributed by atoms with Crippen molar-refractivity contribution in [3.8, 4) is 0 Å². The summed E-state index contributed by atoms with van der Waals surface area (Å²) in [6, 6.07) is 0. The Balaban J connectivity index is 4.61. The molecule has 0 aromatic heterocycles. The first-order chi connectivity index (χ1) is 4.75. The predicted octanol–water partition coefficient (Wildman–Crippen LogP) is 2.35. The first-order valence-corrected chi connectivity index (χ1v) is 3.54. The van der Waals surface area contributed by atoms with Crippen molar-refractivity contribution >= 4 is 0 Å². The molecule has 11 heavy (non-hydrogen) atoms. The average molecular weight is 170 g/mol. The van der Waals surface area contributed by atoms with Gasteiger partial charge in [-0.3, -0.25) is 0 Å². The summed E-state index contributed by atoms with van der Waals surface area (Å²) in [5.74, 6) is -0.799. The van der Waals surface area contributed by atoms with Crippen LogP contribution in [0.3, 0.4) is 0 Å². The minimum Gasteiger partial charge on any atom is -0.380 e. The fraction of sp³-hybridized carbons (Fsp3) is 1.00. The molecule has 0 saturated carbocycles. The van der Waals surface area contributed by atoms with E-state index in [0.717, 1.165) is 0 Å². The van der Waals surface area contributed by atoms with Crippen LogP contribution in [-0.2, 0) is 0 Å². The zero-order valence-corrected chi connectivity index (χ0v) is 6.87. The van der Waals surface area contributed by atoms with Crippen molar-refractivity contribution in [2.45, 2.75) is 39.0 Å². The summed E-state index contributed by atoms with van der Waals surface area (Å²) in [5.41, 5.74) is -2.52. The highest BCUT2D eigenvalue weighted by molar-refractivity contribution is 4.87. The van der Waals surface area contributed by atoms with Crippen molar-refractivity contribution in [3.05, 3.63) is 0 Å². The van der Waals surface area contributed by atoms with Crippen molar-refractivity contribution < 1.29 is 18.3 Å². The predicted molar refractivity (Wildman–Crippen MR) is 36.1 cm³/mol. The van der Waals surface area contributed by atoms with Crippen LogP contribution in [-0.4, -0.2) is 16.9 Å². The minimum absolute atomic E-state index is 0.297. The van der Waals surface area contributed by atoms with E-state index < -0.39 is 17.7 Å². The second kappa shape index (κ2) is 3.01. The minimum atomic E-state index is -4.52. The molecule has 1 nitrogen and oxygen atoms in total. The third-order valence-electron chi connectivity index (χ3n) is 1.99. The zero-order chi connectivity index (χ0) is 9.28. The molecule has 0 unspecified atom stereocenters. The molecule has 0 aliphatic rings. The number of alkyl halides is 3. The number of hydrogen-bond acceptors (Lipinski definition) is 1. The lowest BCUT2D eigenvalue weighted by molar-refractivity contribution is -0.276. The summed E-state index contributed by atoms with van der Waals surface area (Å²) < 4.78 is 36.3. The molecule has 0 rings (SSSR count). The van der Waals surface area contributed by atoms with Crippen LogP contribution in [0.5, 0.6) is 0 Å². The van der Waals surface area contributed by atoms with E-state index in [4.69, 9.17) is 5.11 Å². The van der Waals surface area contributed by atoms with Gasteiger partial charge in [0.25, 0.3) is 0 Å². The SMILES string of the molecule is CC[C@](O)(C(C)C)C(F)(F)F. The molecular formula is C7H13F3O. The van der Waals surface area contributed by atoms with E-state index in [1.807, 2.05) is 0 Å². The monoisotopic (exact) mass is 170 g/mol. The van der Waals surface area contributed by atoms with Gasteiger partial charge in [-0.2, -0.15) is 13.2 Å². The van der Waals surface area contributed by atoms with Crippen LogP contribution in [0.1, 0.15) is 27.2 Å². The Morgan fingerprint density at radius 2 is 1.64 bits per heavy atom. The molecule has 0 amide bonds. The molecule has 0 spiro atoms. The Labute approximate surface area is 64.2 Å². The van der Waals surface area contributed by atoms with E-state index in [1.165, 1.54) is 20.8 Å². The van der Waals surface area contributed by atoms with Crippen molar-refractivity contribution in [1.82, 2.24) is 0 Å². The van der Waals surface area contributed by atoms with Gasteiger partial charge in [0.05, 0.1) is 0 Å². The molecular weight excluding hydrogens is 157 g/mol. The second-order valence-electron chi connectivity index (χ2n) is 2.93. The van der Waals surface area contributed by atoms with E-state index in [2.05, 4.69) is 0 Å². The lowest BCUT2D eigenvalue weighted by atomic mass is 9.87. The smallest absolute Gasteiger partial charge is 0.380 e. The molecule has 0 aliphatic heterocycles. The van der Waals surface area contributed by atoms with Gasteiger partial charge in [0.2, 0.25) is 0 Å². The fourth-order valence-corrected chi connectivity index (χ4v) is 0.936. The van der Waals surface area contributed by atoms with Crippen LogP contribution < -0.4 is 0 Å². The van der Waals surface area contributed by atoms with Crippen molar-refractivity contribution in [1.29, 1.82) is 0 Å². The third-order valence-corrected chi connectivity index (χ3v) is 1.99. The maximum atomic E-state index is 12.1. The van der Waals surface area contributed by atoms with Crippen LogP contribution in [0, 0.1) is 5.92 Å². The summed E-state index contributed by atoms with van der Waals surface area (Å²) in [5, 5.41) is 9.11. The Bertz CT molecular complexity index is 130. The highest BCUT2D eigenvalue weighted by atomic mass is 19.4. The number of rotatable bonds is 2. The van der Waals surface area contributed by atoms with Crippen molar-refractivity contribution in [2.75, 3.05) is 0 Å². The molecule has 0 heterocycles. The highest BCUT2D eigenvalue weighted by Crippen LogP contribution is 2.38. The summed E-state index contributed by atoms with van der Waals surface area (Å²) in [6.07, 6.45) is -4.82. The molecule has 1 N–H and O–H groups in total. The molecule has 1 atom stereocenters. The lowest BCUT2D eigenvalue weighted by Gasteiger charge is -2.32. The summed E-state index contributed by atoms with van der Waals surface area (Å²) in [7, 11) is 0. The number of hydrogen-bond donors (Lipinski definition) is 1. The Morgan fingerprint density at radius 1 is 1.27 bits per heavy atom. The molecule has 4 heteroatoms. The van der Waals surface area contributed by atoms with E-state index in [9.17, 15) is 13.2 Å². The van der Waals surface area contributed by atoms with Gasteiger partial charge >= 0.3 is 6.18 Å². The van der Waals surface area contributed by atoms with Crippen LogP contribution in [0.25, 0.3) is 0 Å². The van der Waals surface area contributed by atoms with Gasteiger partial charge in [-0.05, 0) is 12.3 Å². The van der Waals surface area contributed by atoms with Gasteiger partial charge in [0.1, 0.15) is 0 Å². The molecule has 0 radical (unpaired) electrons. The van der Waals surface area contributed by atoms with Crippen LogP contribution in [0.2, 0.25) is 0 Å². The Hall–Kier alpha value is -0.250. The standard InChI is InChI=1S/C7H13F3O/c1-4-6(11,5(2)3)7(8,9)10/h5,11H,4H2,1-3H3/t6-/m0/s1. The molecule has 0 fully saturated rings. The quantitative estimate of drug-likeness (QED) is 0.674. The van der Waals surface area contributed by atoms with Gasteiger partial charge in [-0.25, -0.2) is 0 Å². The van der Waals surface area contributed by atoms with E-state index in [-0.39, 0.29) is 6.42 Å². The van der Waals surface area contributed by atoms with E-state index >= 15 is 0 Å². The van der Waals surface area contributed by atoms with E-state index in [1.54, 1.807) is 0 Å². The number of halogens is 3. The third kappa shape index (κ3) is 1.86. The second-order valence-corrected chi connectivity index (χ2v) is 2.93. The van der Waals surface area contributed by atoms with Crippen molar-refractivity contribution in [2.24, 2.45) is 5.92 Å². The highest BCUT2D eigenvalue weighted by Gasteiger charge is 2.54. The Kier molecular flexibility index (Phi) is 2.94. The average Bonchev–Trinajstić information content (AvgIpc) is 1.83. The first kappa shape index (κ1) is 10.8. The number of aliphatic hydroxyl groups is 1. The van der Waals surface area contributed by atoms with Gasteiger partial charge in [-0.15, -0.1) is 0 Å². The summed E-state index contributed by atoms with van der Waals surface area (Å²) >= 11 is 0. The maximum absolute atomic E-state index is 12.1. The summed E-state index contributed by atoms with van der Waals surface area (Å²) in [6.45, 7) is 4.04. The molecule has 0 aromatic rings. The van der Waals surface area contributed by atoms with Crippen LogP contribution in [0.4, 0.5) is 13.2 Å². The molecule has 68 valence electrons. The van der Waals surface area contributed by atoms with Crippen LogP contribution in [0.15, 0.2) is 0 Å². The topological polar surface area (TPSA) is 20.2 Å². The molecule has 0 aromatic carbocycles. The van der Waals surface area contributed by atoms with Crippen LogP contribution >= 0.6 is 0 Å². The van der Waals surface area contributed by atoms with Gasteiger partial charge < -0.3 is 5.11 Å². The molecule has 0 bridgehead atoms. The van der Waals surface area contributed by atoms with Gasteiger partial charge in [0.15, 0.2) is 5.60 Å². The Morgan fingerprint density at radius 3 is 1.64 bits per heavy atom. The largest absolute Gasteiger partial charge is 0.417 e. The molecule has 0 aliphatic carbocycles. The van der Waals surface area contributed by atoms with E-state index in [0.29, 0.717) is 0 Å². The normalized spacial score (nSPS) is 18.5. The maximum Gasteiger partial charge on any atom is 0.417 e. The first-order valence-electron chi connectivity index (χ1n) is 3.54. The summed E-state index contributed by atoms with van der Waals surface area (Å²) in [4.78, 5) is 0. The van der Waals surface area contributed by atoms with Gasteiger partial charge in [-0.1, -0.05) is 20.8 Å². The van der Waals surface area contributed by atoms with Gasteiger partial charge in [0, 0.05) is 0 Å².